The van der Waals surface area contributed by atoms with Gasteiger partial charge in [-0.15, -0.1) is 0 Å². The van der Waals surface area contributed by atoms with Crippen LogP contribution in [-0.4, -0.2) is 11.1 Å². The number of carbonyl (C=O) groups is 1. The predicted molar refractivity (Wildman–Crippen MR) is 101 cm³/mol. The molecule has 1 aromatic heterocycles. The van der Waals surface area contributed by atoms with Crippen molar-refractivity contribution in [2.24, 2.45) is 0 Å². The maximum Gasteiger partial charge on any atom is 0.335 e. The summed E-state index contributed by atoms with van der Waals surface area (Å²) in [6, 6.07) is 12.6. The molecule has 0 radical (unpaired) electrons. The van der Waals surface area contributed by atoms with Gasteiger partial charge in [0, 0.05) is 5.56 Å². The molecule has 1 aliphatic rings. The normalized spacial score (nSPS) is 15.2. The van der Waals surface area contributed by atoms with E-state index in [0.29, 0.717) is 28.7 Å². The number of benzene rings is 2. The highest BCUT2D eigenvalue weighted by molar-refractivity contribution is 5.93. The van der Waals surface area contributed by atoms with Crippen LogP contribution in [0.2, 0.25) is 0 Å². The molecule has 0 saturated carbocycles. The summed E-state index contributed by atoms with van der Waals surface area (Å²) in [6.45, 7) is 2.05. The number of hydrogen-bond acceptors (Lipinski definition) is 3. The number of rotatable bonds is 2. The van der Waals surface area contributed by atoms with E-state index in [1.807, 2.05) is 6.92 Å². The Hall–Kier alpha value is -3.14. The summed E-state index contributed by atoms with van der Waals surface area (Å²) in [6.07, 6.45) is 4.44. The number of aromatic carboxylic acids is 1. The van der Waals surface area contributed by atoms with Crippen molar-refractivity contribution < 1.29 is 14.3 Å². The van der Waals surface area contributed by atoms with E-state index in [4.69, 9.17) is 9.52 Å². The molecule has 3 aromatic rings. The van der Waals surface area contributed by atoms with Gasteiger partial charge in [0.25, 0.3) is 0 Å². The lowest BCUT2D eigenvalue weighted by Crippen LogP contribution is -2.16. The molecule has 1 N–H and O–H groups in total. The Bertz CT molecular complexity index is 1100. The van der Waals surface area contributed by atoms with E-state index in [0.717, 1.165) is 24.0 Å². The first kappa shape index (κ1) is 16.3. The second kappa shape index (κ2) is 6.30. The Morgan fingerprint density at radius 1 is 1.12 bits per heavy atom. The largest absolute Gasteiger partial charge is 0.478 e. The van der Waals surface area contributed by atoms with Crippen LogP contribution in [0.15, 0.2) is 51.7 Å². The Morgan fingerprint density at radius 3 is 2.62 bits per heavy atom. The van der Waals surface area contributed by atoms with Gasteiger partial charge in [-0.3, -0.25) is 4.79 Å². The molecular weight excluding hydrogens is 328 g/mol. The third kappa shape index (κ3) is 2.84. The van der Waals surface area contributed by atoms with Gasteiger partial charge in [0.15, 0.2) is 5.43 Å². The van der Waals surface area contributed by atoms with E-state index in [1.54, 1.807) is 6.07 Å². The average molecular weight is 346 g/mol. The van der Waals surface area contributed by atoms with Gasteiger partial charge in [-0.2, -0.15) is 0 Å². The first-order valence-corrected chi connectivity index (χ1v) is 8.63. The Balaban J connectivity index is 1.89. The van der Waals surface area contributed by atoms with Crippen LogP contribution < -0.4 is 5.43 Å². The molecule has 1 heterocycles. The molecule has 0 bridgehead atoms. The van der Waals surface area contributed by atoms with Crippen LogP contribution in [0.5, 0.6) is 0 Å². The minimum atomic E-state index is -1.05. The van der Waals surface area contributed by atoms with E-state index in [1.165, 1.54) is 17.7 Å². The maximum absolute atomic E-state index is 12.9. The average Bonchev–Trinajstić information content (AvgIpc) is 2.64. The Kier molecular flexibility index (Phi) is 3.96. The Labute approximate surface area is 150 Å². The quantitative estimate of drug-likeness (QED) is 0.732. The number of fused-ring (bicyclic) bond motifs is 2. The van der Waals surface area contributed by atoms with Crippen molar-refractivity contribution in [1.82, 2.24) is 0 Å². The zero-order valence-corrected chi connectivity index (χ0v) is 14.4. The van der Waals surface area contributed by atoms with E-state index in [2.05, 4.69) is 30.3 Å². The molecule has 2 aromatic carbocycles. The van der Waals surface area contributed by atoms with Crippen LogP contribution >= 0.6 is 0 Å². The topological polar surface area (TPSA) is 67.5 Å². The molecule has 26 heavy (non-hydrogen) atoms. The smallest absolute Gasteiger partial charge is 0.335 e. The van der Waals surface area contributed by atoms with Crippen LogP contribution in [0.1, 0.15) is 45.7 Å². The van der Waals surface area contributed by atoms with Crippen LogP contribution in [-0.2, 0) is 6.42 Å². The van der Waals surface area contributed by atoms with Crippen molar-refractivity contribution in [1.29, 1.82) is 0 Å². The highest BCUT2D eigenvalue weighted by Crippen LogP contribution is 2.33. The van der Waals surface area contributed by atoms with E-state index in [-0.39, 0.29) is 11.0 Å². The fraction of sp³-hybridized carbons (Fsp3) is 0.182. The summed E-state index contributed by atoms with van der Waals surface area (Å²) >= 11 is 0. The molecule has 130 valence electrons. The highest BCUT2D eigenvalue weighted by atomic mass is 16.4. The molecule has 0 saturated heterocycles. The van der Waals surface area contributed by atoms with E-state index < -0.39 is 5.97 Å². The second-order valence-electron chi connectivity index (χ2n) is 6.69. The molecule has 0 spiro atoms. The zero-order valence-electron chi connectivity index (χ0n) is 14.4. The first-order valence-electron chi connectivity index (χ1n) is 8.63. The van der Waals surface area contributed by atoms with Crippen molar-refractivity contribution in [3.8, 4) is 0 Å². The first-order chi connectivity index (χ1) is 12.5. The molecule has 4 rings (SSSR count). The Morgan fingerprint density at radius 2 is 1.88 bits per heavy atom. The number of carboxylic acids is 1. The summed E-state index contributed by atoms with van der Waals surface area (Å²) in [5, 5.41) is 9.49. The van der Waals surface area contributed by atoms with Gasteiger partial charge in [0.2, 0.25) is 0 Å². The van der Waals surface area contributed by atoms with E-state index in [9.17, 15) is 9.59 Å². The van der Waals surface area contributed by atoms with Crippen LogP contribution in [0, 0.1) is 6.92 Å². The molecule has 0 atom stereocenters. The molecule has 1 aliphatic carbocycles. The van der Waals surface area contributed by atoms with Gasteiger partial charge in [0.1, 0.15) is 11.3 Å². The number of allylic oxidation sites excluding steroid dienone is 1. The fourth-order valence-electron chi connectivity index (χ4n) is 3.42. The minimum Gasteiger partial charge on any atom is -0.478 e. The molecule has 4 nitrogen and oxygen atoms in total. The fourth-order valence-corrected chi connectivity index (χ4v) is 3.42. The lowest BCUT2D eigenvalue weighted by Gasteiger charge is -2.18. The third-order valence-electron chi connectivity index (χ3n) is 4.81. The third-order valence-corrected chi connectivity index (χ3v) is 4.81. The summed E-state index contributed by atoms with van der Waals surface area (Å²) in [7, 11) is 0. The number of hydrogen-bond donors (Lipinski definition) is 1. The number of aryl methyl sites for hydroxylation is 1. The van der Waals surface area contributed by atoms with Gasteiger partial charge in [-0.25, -0.2) is 4.79 Å². The van der Waals surface area contributed by atoms with Crippen LogP contribution in [0.25, 0.3) is 22.6 Å². The van der Waals surface area contributed by atoms with Crippen molar-refractivity contribution >= 4 is 28.6 Å². The monoisotopic (exact) mass is 346 g/mol. The van der Waals surface area contributed by atoms with Gasteiger partial charge in [-0.05, 0) is 61.6 Å². The molecule has 0 unspecified atom stereocenters. The summed E-state index contributed by atoms with van der Waals surface area (Å²) < 4.78 is 6.05. The minimum absolute atomic E-state index is 0.0935. The lowest BCUT2D eigenvalue weighted by molar-refractivity contribution is 0.0697. The van der Waals surface area contributed by atoms with E-state index >= 15 is 0 Å². The molecule has 4 heteroatoms. The zero-order chi connectivity index (χ0) is 18.3. The molecule has 0 aliphatic heterocycles. The van der Waals surface area contributed by atoms with Crippen molar-refractivity contribution in [2.75, 3.05) is 0 Å². The second-order valence-corrected chi connectivity index (χ2v) is 6.69. The molecule has 0 amide bonds. The van der Waals surface area contributed by atoms with Crippen molar-refractivity contribution in [3.05, 3.63) is 80.7 Å². The molecular formula is C22H18O4. The number of carboxylic acid groups (broad SMARTS) is 1. The standard InChI is InChI=1S/C22H18O4/c1-13-5-7-14(8-6-13)11-15-3-2-4-17-20(23)18-12-16(22(24)25)9-10-19(18)26-21(15)17/h5-12H,2-4H2,1H3,(H,24,25). The highest BCUT2D eigenvalue weighted by Gasteiger charge is 2.22. The van der Waals surface area contributed by atoms with Gasteiger partial charge in [-0.1, -0.05) is 29.8 Å². The maximum atomic E-state index is 12.9. The summed E-state index contributed by atoms with van der Waals surface area (Å²) in [5.74, 6) is -0.415. The molecule has 0 fully saturated rings. The van der Waals surface area contributed by atoms with Gasteiger partial charge >= 0.3 is 5.97 Å². The van der Waals surface area contributed by atoms with Gasteiger partial charge < -0.3 is 9.52 Å². The van der Waals surface area contributed by atoms with Crippen molar-refractivity contribution in [2.45, 2.75) is 26.2 Å². The van der Waals surface area contributed by atoms with Crippen LogP contribution in [0.4, 0.5) is 0 Å². The SMILES string of the molecule is Cc1ccc(C=C2CCCc3c2oc2ccc(C(=O)O)cc2c3=O)cc1. The van der Waals surface area contributed by atoms with Crippen molar-refractivity contribution in [3.63, 3.8) is 0 Å². The van der Waals surface area contributed by atoms with Gasteiger partial charge in [0.05, 0.1) is 10.9 Å². The lowest BCUT2D eigenvalue weighted by atomic mass is 9.90. The summed E-state index contributed by atoms with van der Waals surface area (Å²) in [5.41, 5.74) is 4.32. The predicted octanol–water partition coefficient (Wildman–Crippen LogP) is 4.68. The summed E-state index contributed by atoms with van der Waals surface area (Å²) in [4.78, 5) is 24.1. The van der Waals surface area contributed by atoms with Crippen LogP contribution in [0.3, 0.4) is 0 Å².